The molecule has 0 heterocycles. The first-order valence-electron chi connectivity index (χ1n) is 7.60. The predicted octanol–water partition coefficient (Wildman–Crippen LogP) is -0.949. The van der Waals surface area contributed by atoms with Crippen molar-refractivity contribution in [3.05, 3.63) is 94.6 Å². The fraction of sp³-hybridized carbons (Fsp3) is 0.238. The van der Waals surface area contributed by atoms with Crippen LogP contribution in [0.4, 0.5) is 0 Å². The van der Waals surface area contributed by atoms with E-state index >= 15 is 0 Å². The van der Waals surface area contributed by atoms with Gasteiger partial charge in [0.2, 0.25) is 0 Å². The van der Waals surface area contributed by atoms with Crippen LogP contribution < -0.4 is 24.8 Å². The van der Waals surface area contributed by atoms with Crippen LogP contribution in [0.5, 0.6) is 0 Å². The van der Waals surface area contributed by atoms with Crippen LogP contribution in [0.25, 0.3) is 0 Å². The maximum absolute atomic E-state index is 8.54. The number of hydrogen-bond acceptors (Lipinski definition) is 1. The van der Waals surface area contributed by atoms with Crippen molar-refractivity contribution in [1.29, 1.82) is 0 Å². The van der Waals surface area contributed by atoms with Gasteiger partial charge >= 0.3 is 21.7 Å². The van der Waals surface area contributed by atoms with Gasteiger partial charge in [-0.05, 0) is 26.3 Å². The molecule has 1 aliphatic rings. The average Bonchev–Trinajstić information content (AvgIpc) is 2.82. The van der Waals surface area contributed by atoms with E-state index in [0.717, 1.165) is 5.56 Å². The van der Waals surface area contributed by atoms with Gasteiger partial charge in [-0.15, -0.1) is 0 Å². The Labute approximate surface area is 179 Å². The molecule has 25 heavy (non-hydrogen) atoms. The molecule has 0 saturated heterocycles. The summed E-state index contributed by atoms with van der Waals surface area (Å²) in [7, 11) is 0. The number of halogens is 2. The maximum Gasteiger partial charge on any atom is 3.00 e. The molecule has 2 aromatic carbocycles. The third-order valence-corrected chi connectivity index (χ3v) is 4.02. The molecule has 2 aromatic rings. The van der Waals surface area contributed by atoms with Gasteiger partial charge in [-0.3, -0.25) is 0 Å². The number of hydrogen-bond donors (Lipinski definition) is 1. The van der Waals surface area contributed by atoms with Gasteiger partial charge in [-0.1, -0.05) is 53.1 Å². The Morgan fingerprint density at radius 2 is 1.52 bits per heavy atom. The van der Waals surface area contributed by atoms with E-state index < -0.39 is 0 Å². The van der Waals surface area contributed by atoms with E-state index in [1.807, 2.05) is 42.5 Å². The number of aliphatic hydroxyl groups excluding tert-OH is 1. The monoisotopic (exact) mass is 409 g/mol. The number of allylic oxidation sites excluding steroid dienone is 4. The summed E-state index contributed by atoms with van der Waals surface area (Å²) in [5.74, 6) is 0.469. The maximum atomic E-state index is 8.54. The van der Waals surface area contributed by atoms with Crippen molar-refractivity contribution in [1.82, 2.24) is 0 Å². The molecular weight excluding hydrogens is 387 g/mol. The Bertz CT molecular complexity index is 667. The summed E-state index contributed by atoms with van der Waals surface area (Å²) in [6, 6.07) is 21.1. The summed E-state index contributed by atoms with van der Waals surface area (Å²) in [5.41, 5.74) is 6.56. The van der Waals surface area contributed by atoms with Gasteiger partial charge in [-0.25, -0.2) is 0 Å². The van der Waals surface area contributed by atoms with Crippen LogP contribution in [0.1, 0.15) is 37.8 Å². The van der Waals surface area contributed by atoms with Crippen molar-refractivity contribution in [2.45, 2.75) is 33.3 Å². The zero-order valence-corrected chi connectivity index (χ0v) is 17.8. The molecule has 0 fully saturated rings. The average molecular weight is 410 g/mol. The minimum absolute atomic E-state index is 0. The van der Waals surface area contributed by atoms with Gasteiger partial charge in [0.1, 0.15) is 0 Å². The quantitative estimate of drug-likeness (QED) is 0.501. The van der Waals surface area contributed by atoms with Gasteiger partial charge in [0.25, 0.3) is 0 Å². The zero-order valence-electron chi connectivity index (χ0n) is 14.8. The van der Waals surface area contributed by atoms with Crippen LogP contribution >= 0.6 is 0 Å². The van der Waals surface area contributed by atoms with Crippen molar-refractivity contribution in [2.24, 2.45) is 0 Å². The summed E-state index contributed by atoms with van der Waals surface area (Å²) >= 11 is 0. The Hall–Kier alpha value is -0.826. The first kappa shape index (κ1) is 26.4. The van der Waals surface area contributed by atoms with Crippen LogP contribution in [0.15, 0.2) is 77.4 Å². The molecule has 131 valence electrons. The molecule has 1 N–H and O–H groups in total. The largest absolute Gasteiger partial charge is 3.00 e. The molecule has 0 amide bonds. The number of aliphatic hydroxyl groups is 1. The van der Waals surface area contributed by atoms with Crippen molar-refractivity contribution < 1.29 is 51.6 Å². The molecule has 1 nitrogen and oxygen atoms in total. The van der Waals surface area contributed by atoms with Crippen LogP contribution in [0, 0.1) is 6.07 Å². The summed E-state index contributed by atoms with van der Waals surface area (Å²) < 4.78 is 0. The standard InChI is InChI=1S/C14H15.C7H8O.2ClH.Ti/c1-10-9-11(2)14(12(10)3)13-7-5-4-6-8-13;8-6-7-4-2-1-3-5-7;;;/h4-7,9,14H,1-3H3;1-5,8H,6H2;2*1H;/q-1;;;;+3/p-2. The Balaban J connectivity index is 0. The SMILES string of the molecule is CC1=CC(C)=C(C)C1c1[c-]cccc1.OCc1ccccc1.[Cl-].[Cl-].[Ti+3]. The van der Waals surface area contributed by atoms with Crippen molar-refractivity contribution in [3.63, 3.8) is 0 Å². The third kappa shape index (κ3) is 7.52. The van der Waals surface area contributed by atoms with Crippen molar-refractivity contribution in [2.75, 3.05) is 0 Å². The van der Waals surface area contributed by atoms with Crippen LogP contribution in [0.3, 0.4) is 0 Å². The molecule has 1 aliphatic carbocycles. The van der Waals surface area contributed by atoms with Crippen LogP contribution in [-0.4, -0.2) is 5.11 Å². The van der Waals surface area contributed by atoms with Gasteiger partial charge in [0, 0.05) is 5.92 Å². The summed E-state index contributed by atoms with van der Waals surface area (Å²) in [6.45, 7) is 6.74. The summed E-state index contributed by atoms with van der Waals surface area (Å²) in [6.07, 6.45) is 2.28. The molecule has 0 bridgehead atoms. The molecule has 1 atom stereocenters. The molecule has 0 saturated carbocycles. The molecule has 1 radical (unpaired) electrons. The van der Waals surface area contributed by atoms with Crippen molar-refractivity contribution in [3.8, 4) is 0 Å². The van der Waals surface area contributed by atoms with E-state index in [4.69, 9.17) is 5.11 Å². The fourth-order valence-corrected chi connectivity index (χ4v) is 2.76. The second-order valence-corrected chi connectivity index (χ2v) is 5.65. The van der Waals surface area contributed by atoms with Crippen molar-refractivity contribution >= 4 is 0 Å². The van der Waals surface area contributed by atoms with E-state index in [-0.39, 0.29) is 53.1 Å². The Morgan fingerprint density at radius 3 is 1.92 bits per heavy atom. The molecular formula is C21H23Cl2OTi. The van der Waals surface area contributed by atoms with Gasteiger partial charge in [-0.2, -0.15) is 35.9 Å². The number of rotatable bonds is 2. The minimum atomic E-state index is 0. The van der Waals surface area contributed by atoms with Crippen LogP contribution in [0.2, 0.25) is 0 Å². The molecule has 1 unspecified atom stereocenters. The Kier molecular flexibility index (Phi) is 14.1. The first-order chi connectivity index (χ1) is 10.6. The van der Waals surface area contributed by atoms with Gasteiger partial charge < -0.3 is 29.9 Å². The molecule has 0 spiro atoms. The zero-order chi connectivity index (χ0) is 15.9. The van der Waals surface area contributed by atoms with E-state index in [1.165, 1.54) is 22.3 Å². The molecule has 0 aromatic heterocycles. The third-order valence-electron chi connectivity index (χ3n) is 4.02. The minimum Gasteiger partial charge on any atom is -1.00 e. The van der Waals surface area contributed by atoms with Gasteiger partial charge in [0.05, 0.1) is 6.61 Å². The normalized spacial score (nSPS) is 14.9. The summed E-state index contributed by atoms with van der Waals surface area (Å²) in [4.78, 5) is 0. The predicted molar refractivity (Wildman–Crippen MR) is 92.5 cm³/mol. The van der Waals surface area contributed by atoms with E-state index in [2.05, 4.69) is 45.0 Å². The molecule has 0 aliphatic heterocycles. The Morgan fingerprint density at radius 1 is 0.920 bits per heavy atom. The van der Waals surface area contributed by atoms with E-state index in [9.17, 15) is 0 Å². The second kappa shape index (κ2) is 13.4. The fourth-order valence-electron chi connectivity index (χ4n) is 2.76. The topological polar surface area (TPSA) is 20.2 Å². The van der Waals surface area contributed by atoms with E-state index in [1.54, 1.807) is 0 Å². The number of benzene rings is 2. The smallest absolute Gasteiger partial charge is 1.00 e. The van der Waals surface area contributed by atoms with Crippen LogP contribution in [-0.2, 0) is 28.3 Å². The molecule has 3 rings (SSSR count). The van der Waals surface area contributed by atoms with E-state index in [0.29, 0.717) is 5.92 Å². The summed E-state index contributed by atoms with van der Waals surface area (Å²) in [5, 5.41) is 8.54. The first-order valence-corrected chi connectivity index (χ1v) is 7.60. The van der Waals surface area contributed by atoms with Gasteiger partial charge in [0.15, 0.2) is 0 Å². The second-order valence-electron chi connectivity index (χ2n) is 5.65. The molecule has 4 heteroatoms.